The largest absolute Gasteiger partial charge is 0.487 e. The third kappa shape index (κ3) is 3.39. The van der Waals surface area contributed by atoms with Gasteiger partial charge in [-0.3, -0.25) is 0 Å². The fourth-order valence-corrected chi connectivity index (χ4v) is 2.13. The first-order chi connectivity index (χ1) is 9.49. The van der Waals surface area contributed by atoms with Gasteiger partial charge in [0, 0.05) is 11.1 Å². The van der Waals surface area contributed by atoms with Crippen LogP contribution in [0.1, 0.15) is 11.1 Å². The van der Waals surface area contributed by atoms with Gasteiger partial charge >= 0.3 is 0 Å². The summed E-state index contributed by atoms with van der Waals surface area (Å²) in [5.74, 6) is -0.0327. The number of nitrogens with two attached hydrogens (primary N) is 1. The minimum atomic E-state index is -0.484. The van der Waals surface area contributed by atoms with Gasteiger partial charge in [0.25, 0.3) is 0 Å². The Kier molecular flexibility index (Phi) is 4.81. The molecule has 0 spiro atoms. The van der Waals surface area contributed by atoms with Crippen molar-refractivity contribution in [2.24, 2.45) is 5.73 Å². The molecule has 2 nitrogen and oxygen atoms in total. The Labute approximate surface area is 131 Å². The summed E-state index contributed by atoms with van der Waals surface area (Å²) in [6.07, 6.45) is 0. The first-order valence-corrected chi connectivity index (χ1v) is 6.80. The first-order valence-electron chi connectivity index (χ1n) is 5.64. The van der Waals surface area contributed by atoms with Crippen molar-refractivity contribution < 1.29 is 9.13 Å². The van der Waals surface area contributed by atoms with Crippen LogP contribution in [0.3, 0.4) is 0 Å². The Balaban J connectivity index is 2.15. The molecule has 2 N–H and O–H groups in total. The van der Waals surface area contributed by atoms with Gasteiger partial charge in [-0.2, -0.15) is 0 Å². The zero-order valence-corrected chi connectivity index (χ0v) is 12.5. The molecule has 0 heterocycles. The van der Waals surface area contributed by atoms with Crippen LogP contribution in [0, 0.1) is 5.82 Å². The second-order valence-electron chi connectivity index (χ2n) is 4.01. The lowest BCUT2D eigenvalue weighted by atomic mass is 10.2. The molecule has 2 rings (SSSR count). The second-order valence-corrected chi connectivity index (χ2v) is 5.24. The molecule has 0 aliphatic rings. The summed E-state index contributed by atoms with van der Waals surface area (Å²) in [6, 6.07) is 9.52. The zero-order valence-electron chi connectivity index (χ0n) is 10.2. The average Bonchev–Trinajstić information content (AvgIpc) is 2.41. The summed E-state index contributed by atoms with van der Waals surface area (Å²) in [6.45, 7) is 0.114. The number of hydrogen-bond donors (Lipinski definition) is 1. The van der Waals surface area contributed by atoms with Gasteiger partial charge in [-0.1, -0.05) is 47.6 Å². The van der Waals surface area contributed by atoms with Crippen LogP contribution in [0.25, 0.3) is 0 Å². The van der Waals surface area contributed by atoms with Gasteiger partial charge in [0.15, 0.2) is 0 Å². The predicted molar refractivity (Wildman–Crippen MR) is 83.1 cm³/mol. The number of benzene rings is 2. The smallest absolute Gasteiger partial charge is 0.142 e. The van der Waals surface area contributed by atoms with Crippen LogP contribution in [0.15, 0.2) is 36.4 Å². The van der Waals surface area contributed by atoms with Gasteiger partial charge < -0.3 is 10.5 Å². The topological polar surface area (TPSA) is 35.2 Å². The van der Waals surface area contributed by atoms with E-state index in [1.165, 1.54) is 6.07 Å². The predicted octanol–water partition coefficient (Wildman–Crippen LogP) is 4.35. The molecule has 0 aliphatic carbocycles. The van der Waals surface area contributed by atoms with Gasteiger partial charge in [0.2, 0.25) is 0 Å². The molecule has 104 valence electrons. The summed E-state index contributed by atoms with van der Waals surface area (Å²) >= 11 is 16.8. The van der Waals surface area contributed by atoms with Crippen LogP contribution in [0.4, 0.5) is 4.39 Å². The lowest BCUT2D eigenvalue weighted by Gasteiger charge is -2.10. The van der Waals surface area contributed by atoms with Crippen molar-refractivity contribution in [3.05, 3.63) is 63.4 Å². The molecule has 0 unspecified atom stereocenters. The molecule has 2 aromatic rings. The van der Waals surface area contributed by atoms with Crippen molar-refractivity contribution in [3.8, 4) is 5.75 Å². The lowest BCUT2D eigenvalue weighted by molar-refractivity contribution is 0.306. The Morgan fingerprint density at radius 3 is 2.65 bits per heavy atom. The highest BCUT2D eigenvalue weighted by Crippen LogP contribution is 2.27. The van der Waals surface area contributed by atoms with E-state index in [2.05, 4.69) is 0 Å². The Bertz CT molecular complexity index is 664. The maximum Gasteiger partial charge on any atom is 0.142 e. The standard InChI is InChI=1S/C14H10Cl2FNOS/c15-10-6-8(14(18)20)4-5-12(10)19-7-9-2-1-3-11(17)13(9)16/h1-6H,7H2,(H2,18,20). The van der Waals surface area contributed by atoms with Gasteiger partial charge in [-0.05, 0) is 24.3 Å². The van der Waals surface area contributed by atoms with Gasteiger partial charge in [0.1, 0.15) is 23.2 Å². The number of hydrogen-bond acceptors (Lipinski definition) is 2. The number of rotatable bonds is 4. The van der Waals surface area contributed by atoms with E-state index in [0.29, 0.717) is 21.9 Å². The van der Waals surface area contributed by atoms with E-state index in [1.54, 1.807) is 30.3 Å². The SMILES string of the molecule is NC(=S)c1ccc(OCc2cccc(F)c2Cl)c(Cl)c1. The van der Waals surface area contributed by atoms with Crippen LogP contribution in [-0.2, 0) is 6.61 Å². The van der Waals surface area contributed by atoms with Crippen molar-refractivity contribution in [1.29, 1.82) is 0 Å². The number of thiocarbonyl (C=S) groups is 1. The van der Waals surface area contributed by atoms with Crippen molar-refractivity contribution >= 4 is 40.4 Å². The van der Waals surface area contributed by atoms with Gasteiger partial charge in [0.05, 0.1) is 10.0 Å². The van der Waals surface area contributed by atoms with E-state index < -0.39 is 5.82 Å². The van der Waals surface area contributed by atoms with E-state index in [0.717, 1.165) is 0 Å². The fourth-order valence-electron chi connectivity index (χ4n) is 1.59. The van der Waals surface area contributed by atoms with Gasteiger partial charge in [-0.25, -0.2) is 4.39 Å². The minimum Gasteiger partial charge on any atom is -0.487 e. The molecule has 0 atom stereocenters. The molecule has 0 aliphatic heterocycles. The third-order valence-corrected chi connectivity index (χ3v) is 3.59. The number of halogens is 3. The van der Waals surface area contributed by atoms with Crippen LogP contribution in [0.5, 0.6) is 5.75 Å². The van der Waals surface area contributed by atoms with Crippen molar-refractivity contribution in [2.75, 3.05) is 0 Å². The van der Waals surface area contributed by atoms with Crippen molar-refractivity contribution in [3.63, 3.8) is 0 Å². The zero-order chi connectivity index (χ0) is 14.7. The summed E-state index contributed by atoms with van der Waals surface area (Å²) in [4.78, 5) is 0.256. The van der Waals surface area contributed by atoms with E-state index in [9.17, 15) is 4.39 Å². The van der Waals surface area contributed by atoms with Gasteiger partial charge in [-0.15, -0.1) is 0 Å². The summed E-state index contributed by atoms with van der Waals surface area (Å²) in [7, 11) is 0. The highest BCUT2D eigenvalue weighted by molar-refractivity contribution is 7.80. The highest BCUT2D eigenvalue weighted by atomic mass is 35.5. The van der Waals surface area contributed by atoms with Crippen LogP contribution in [0.2, 0.25) is 10.0 Å². The monoisotopic (exact) mass is 329 g/mol. The van der Waals surface area contributed by atoms with Crippen molar-refractivity contribution in [1.82, 2.24) is 0 Å². The third-order valence-electron chi connectivity index (χ3n) is 2.63. The molecule has 2 aromatic carbocycles. The summed E-state index contributed by atoms with van der Waals surface area (Å²) in [5, 5.41) is 0.422. The summed E-state index contributed by atoms with van der Waals surface area (Å²) in [5.41, 5.74) is 6.70. The maximum absolute atomic E-state index is 13.3. The van der Waals surface area contributed by atoms with E-state index in [1.807, 2.05) is 0 Å². The van der Waals surface area contributed by atoms with E-state index >= 15 is 0 Å². The Morgan fingerprint density at radius 2 is 2.00 bits per heavy atom. The molecule has 0 amide bonds. The lowest BCUT2D eigenvalue weighted by Crippen LogP contribution is -2.09. The molecule has 0 fully saturated rings. The molecule has 0 bridgehead atoms. The van der Waals surface area contributed by atoms with Crippen LogP contribution in [-0.4, -0.2) is 4.99 Å². The molecule has 0 radical (unpaired) electrons. The van der Waals surface area contributed by atoms with E-state index in [4.69, 9.17) is 45.9 Å². The molecule has 0 aromatic heterocycles. The first kappa shape index (κ1) is 15.0. The average molecular weight is 330 g/mol. The Morgan fingerprint density at radius 1 is 1.25 bits per heavy atom. The quantitative estimate of drug-likeness (QED) is 0.847. The van der Waals surface area contributed by atoms with E-state index in [-0.39, 0.29) is 16.6 Å². The van der Waals surface area contributed by atoms with Crippen molar-refractivity contribution in [2.45, 2.75) is 6.61 Å². The van der Waals surface area contributed by atoms with Crippen LogP contribution >= 0.6 is 35.4 Å². The Hall–Kier alpha value is -1.36. The number of ether oxygens (including phenoxy) is 1. The normalized spacial score (nSPS) is 10.3. The molecule has 0 saturated heterocycles. The fraction of sp³-hybridized carbons (Fsp3) is 0.0714. The molecule has 0 saturated carbocycles. The molecular weight excluding hydrogens is 320 g/mol. The summed E-state index contributed by atoms with van der Waals surface area (Å²) < 4.78 is 18.8. The minimum absolute atomic E-state index is 0.0448. The molecule has 20 heavy (non-hydrogen) atoms. The second kappa shape index (κ2) is 6.39. The molecular formula is C14H10Cl2FNOS. The highest BCUT2D eigenvalue weighted by Gasteiger charge is 2.09. The van der Waals surface area contributed by atoms with Crippen LogP contribution < -0.4 is 10.5 Å². The maximum atomic E-state index is 13.3. The molecule has 6 heteroatoms.